The van der Waals surface area contributed by atoms with Gasteiger partial charge < -0.3 is 9.73 Å². The fourth-order valence-electron chi connectivity index (χ4n) is 3.51. The molecule has 25 heavy (non-hydrogen) atoms. The Morgan fingerprint density at radius 1 is 1.20 bits per heavy atom. The molecule has 130 valence electrons. The predicted molar refractivity (Wildman–Crippen MR) is 92.1 cm³/mol. The molecule has 3 heterocycles. The van der Waals surface area contributed by atoms with Gasteiger partial charge in [-0.3, -0.25) is 0 Å². The molecule has 0 saturated heterocycles. The molecule has 7 heteroatoms. The van der Waals surface area contributed by atoms with Crippen molar-refractivity contribution in [1.29, 1.82) is 0 Å². The number of aryl methyl sites for hydroxylation is 1. The molecule has 4 rings (SSSR count). The summed E-state index contributed by atoms with van der Waals surface area (Å²) in [7, 11) is 0. The Morgan fingerprint density at radius 3 is 2.96 bits per heavy atom. The Balaban J connectivity index is 1.32. The lowest BCUT2D eigenvalue weighted by molar-refractivity contribution is 0.408. The van der Waals surface area contributed by atoms with Gasteiger partial charge >= 0.3 is 0 Å². The summed E-state index contributed by atoms with van der Waals surface area (Å²) in [5.41, 5.74) is 1.12. The summed E-state index contributed by atoms with van der Waals surface area (Å²) in [6, 6.07) is 8.40. The summed E-state index contributed by atoms with van der Waals surface area (Å²) in [4.78, 5) is 4.37. The molecule has 0 aliphatic heterocycles. The number of aromatic nitrogens is 5. The third-order valence-corrected chi connectivity index (χ3v) is 4.73. The van der Waals surface area contributed by atoms with Crippen LogP contribution in [0, 0.1) is 12.8 Å². The van der Waals surface area contributed by atoms with E-state index in [2.05, 4.69) is 25.6 Å². The van der Waals surface area contributed by atoms with Crippen LogP contribution in [-0.4, -0.2) is 31.0 Å². The van der Waals surface area contributed by atoms with Crippen LogP contribution in [0.5, 0.6) is 0 Å². The Labute approximate surface area is 146 Å². The summed E-state index contributed by atoms with van der Waals surface area (Å²) in [5, 5.41) is 16.1. The molecule has 7 nitrogen and oxygen atoms in total. The van der Waals surface area contributed by atoms with Gasteiger partial charge in [-0.1, -0.05) is 6.07 Å². The Kier molecular flexibility index (Phi) is 4.56. The van der Waals surface area contributed by atoms with E-state index in [0.717, 1.165) is 36.8 Å². The second-order valence-electron chi connectivity index (χ2n) is 6.60. The first-order valence-corrected chi connectivity index (χ1v) is 8.74. The summed E-state index contributed by atoms with van der Waals surface area (Å²) in [6.07, 6.45) is 7.99. The summed E-state index contributed by atoms with van der Waals surface area (Å²) >= 11 is 0. The standard InChI is InChI=1S/C18H22N6O/c1-13-22-23-18(25-13)11-14-5-6-15(10-14)20-12-16-7-9-21-24(16)17-4-2-3-8-19-17/h2-4,7-9,14-15,20H,5-6,10-12H2,1H3/t14-,15+/m1/s1. The zero-order chi connectivity index (χ0) is 17.1. The van der Waals surface area contributed by atoms with E-state index in [0.29, 0.717) is 17.9 Å². The summed E-state index contributed by atoms with van der Waals surface area (Å²) in [5.74, 6) is 2.86. The van der Waals surface area contributed by atoms with Crippen molar-refractivity contribution < 1.29 is 4.42 Å². The number of nitrogens with one attached hydrogen (secondary N) is 1. The van der Waals surface area contributed by atoms with E-state index in [1.54, 1.807) is 6.20 Å². The van der Waals surface area contributed by atoms with Gasteiger partial charge in [0.1, 0.15) is 0 Å². The average molecular weight is 338 g/mol. The van der Waals surface area contributed by atoms with Crippen LogP contribution in [0.3, 0.4) is 0 Å². The SMILES string of the molecule is Cc1nnc(C[C@@H]2CC[C@H](NCc3ccnn3-c3ccccn3)C2)o1. The van der Waals surface area contributed by atoms with Gasteiger partial charge in [-0.25, -0.2) is 9.67 Å². The molecule has 1 N–H and O–H groups in total. The third kappa shape index (κ3) is 3.76. The van der Waals surface area contributed by atoms with Crippen molar-refractivity contribution in [3.8, 4) is 5.82 Å². The molecular formula is C18H22N6O. The number of hydrogen-bond acceptors (Lipinski definition) is 6. The highest BCUT2D eigenvalue weighted by atomic mass is 16.4. The van der Waals surface area contributed by atoms with Crippen molar-refractivity contribution in [2.75, 3.05) is 0 Å². The lowest BCUT2D eigenvalue weighted by atomic mass is 10.0. The zero-order valence-corrected chi connectivity index (χ0v) is 14.3. The maximum Gasteiger partial charge on any atom is 0.216 e. The molecule has 0 bridgehead atoms. The summed E-state index contributed by atoms with van der Waals surface area (Å²) in [6.45, 7) is 2.62. The van der Waals surface area contributed by atoms with Crippen LogP contribution in [0.4, 0.5) is 0 Å². The fraction of sp³-hybridized carbons (Fsp3) is 0.444. The highest BCUT2D eigenvalue weighted by Gasteiger charge is 2.26. The zero-order valence-electron chi connectivity index (χ0n) is 14.3. The van der Waals surface area contributed by atoms with Crippen LogP contribution in [0.15, 0.2) is 41.1 Å². The van der Waals surface area contributed by atoms with Crippen molar-refractivity contribution in [3.63, 3.8) is 0 Å². The van der Waals surface area contributed by atoms with Gasteiger partial charge in [-0.05, 0) is 43.4 Å². The Hall–Kier alpha value is -2.54. The van der Waals surface area contributed by atoms with E-state index in [1.807, 2.05) is 42.1 Å². The van der Waals surface area contributed by atoms with Crippen LogP contribution < -0.4 is 5.32 Å². The maximum atomic E-state index is 5.50. The van der Waals surface area contributed by atoms with Gasteiger partial charge in [0.25, 0.3) is 0 Å². The smallest absolute Gasteiger partial charge is 0.216 e. The third-order valence-electron chi connectivity index (χ3n) is 4.73. The first kappa shape index (κ1) is 16.0. The molecule has 1 aliphatic carbocycles. The molecule has 0 amide bonds. The molecule has 2 atom stereocenters. The molecule has 1 aliphatic rings. The molecule has 1 fully saturated rings. The fourth-order valence-corrected chi connectivity index (χ4v) is 3.51. The van der Waals surface area contributed by atoms with Gasteiger partial charge in [0, 0.05) is 38.3 Å². The molecule has 1 saturated carbocycles. The Morgan fingerprint density at radius 2 is 2.16 bits per heavy atom. The molecule has 3 aromatic rings. The largest absolute Gasteiger partial charge is 0.426 e. The Bertz CT molecular complexity index is 812. The maximum absolute atomic E-state index is 5.50. The molecule has 0 unspecified atom stereocenters. The minimum atomic E-state index is 0.515. The molecular weight excluding hydrogens is 316 g/mol. The normalized spacial score (nSPS) is 20.2. The minimum Gasteiger partial charge on any atom is -0.426 e. The van der Waals surface area contributed by atoms with Crippen LogP contribution in [0.1, 0.15) is 36.7 Å². The van der Waals surface area contributed by atoms with E-state index in [1.165, 1.54) is 12.8 Å². The number of pyridine rings is 1. The monoisotopic (exact) mass is 338 g/mol. The van der Waals surface area contributed by atoms with Crippen molar-refractivity contribution in [1.82, 2.24) is 30.3 Å². The second-order valence-corrected chi connectivity index (χ2v) is 6.60. The van der Waals surface area contributed by atoms with Gasteiger partial charge in [-0.15, -0.1) is 10.2 Å². The number of nitrogens with zero attached hydrogens (tertiary/aromatic N) is 5. The quantitative estimate of drug-likeness (QED) is 0.743. The second kappa shape index (κ2) is 7.14. The van der Waals surface area contributed by atoms with Crippen molar-refractivity contribution >= 4 is 0 Å². The van der Waals surface area contributed by atoms with Crippen LogP contribution in [-0.2, 0) is 13.0 Å². The first-order chi connectivity index (χ1) is 12.3. The molecule has 0 spiro atoms. The van der Waals surface area contributed by atoms with E-state index in [4.69, 9.17) is 4.42 Å². The van der Waals surface area contributed by atoms with Crippen molar-refractivity contribution in [2.45, 2.75) is 45.2 Å². The lowest BCUT2D eigenvalue weighted by Gasteiger charge is -2.13. The van der Waals surface area contributed by atoms with E-state index in [-0.39, 0.29) is 0 Å². The predicted octanol–water partition coefficient (Wildman–Crippen LogP) is 2.46. The number of rotatable bonds is 6. The average Bonchev–Trinajstić information content (AvgIpc) is 3.36. The van der Waals surface area contributed by atoms with Crippen LogP contribution in [0.2, 0.25) is 0 Å². The molecule has 0 radical (unpaired) electrons. The highest BCUT2D eigenvalue weighted by molar-refractivity contribution is 5.23. The lowest BCUT2D eigenvalue weighted by Crippen LogP contribution is -2.27. The van der Waals surface area contributed by atoms with Crippen LogP contribution in [0.25, 0.3) is 5.82 Å². The molecule has 0 aromatic carbocycles. The van der Waals surface area contributed by atoms with E-state index in [9.17, 15) is 0 Å². The van der Waals surface area contributed by atoms with E-state index >= 15 is 0 Å². The number of hydrogen-bond donors (Lipinski definition) is 1. The van der Waals surface area contributed by atoms with E-state index < -0.39 is 0 Å². The molecule has 3 aromatic heterocycles. The van der Waals surface area contributed by atoms with Gasteiger partial charge in [0.2, 0.25) is 11.8 Å². The first-order valence-electron chi connectivity index (χ1n) is 8.74. The topological polar surface area (TPSA) is 81.7 Å². The van der Waals surface area contributed by atoms with Gasteiger partial charge in [-0.2, -0.15) is 5.10 Å². The van der Waals surface area contributed by atoms with Crippen LogP contribution >= 0.6 is 0 Å². The van der Waals surface area contributed by atoms with Gasteiger partial charge in [0.15, 0.2) is 5.82 Å². The highest BCUT2D eigenvalue weighted by Crippen LogP contribution is 2.28. The van der Waals surface area contributed by atoms with Gasteiger partial charge in [0.05, 0.1) is 5.69 Å². The minimum absolute atomic E-state index is 0.515. The van der Waals surface area contributed by atoms with Crippen molar-refractivity contribution in [3.05, 3.63) is 54.1 Å². The van der Waals surface area contributed by atoms with Crippen molar-refractivity contribution in [2.24, 2.45) is 5.92 Å². The summed E-state index contributed by atoms with van der Waals surface area (Å²) < 4.78 is 7.39.